The normalized spacial score (nSPS) is 39.6. The lowest BCUT2D eigenvalue weighted by atomic mass is 10.1. The monoisotopic (exact) mass is 254 g/mol. The van der Waals surface area contributed by atoms with Crippen molar-refractivity contribution < 1.29 is 38.9 Å². The fourth-order valence-corrected chi connectivity index (χ4v) is 1.57. The second-order valence-electron chi connectivity index (χ2n) is 3.25. The van der Waals surface area contributed by atoms with Crippen LogP contribution in [0.15, 0.2) is 0 Å². The van der Waals surface area contributed by atoms with Crippen molar-refractivity contribution in [3.63, 3.8) is 0 Å². The van der Waals surface area contributed by atoms with Crippen LogP contribution in [-0.4, -0.2) is 55.8 Å². The summed E-state index contributed by atoms with van der Waals surface area (Å²) in [6, 6.07) is 0. The molecular weight excluding hydrogens is 243 g/mol. The average Bonchev–Trinajstić information content (AvgIpc) is 2.40. The molecule has 1 aliphatic rings. The molecule has 0 aromatic heterocycles. The zero-order valence-corrected chi connectivity index (χ0v) is 8.82. The Balaban J connectivity index is 2.72. The van der Waals surface area contributed by atoms with Crippen LogP contribution in [0.4, 0.5) is 0 Å². The third-order valence-corrected chi connectivity index (χ3v) is 2.50. The number of aliphatic hydroxyl groups is 3. The van der Waals surface area contributed by atoms with Gasteiger partial charge in [0.15, 0.2) is 0 Å². The first-order chi connectivity index (χ1) is 7.19. The summed E-state index contributed by atoms with van der Waals surface area (Å²) in [6.07, 6.45) is 0.281. The van der Waals surface area contributed by atoms with Gasteiger partial charge in [-0.25, -0.2) is 4.57 Å². The van der Waals surface area contributed by atoms with Gasteiger partial charge in [0.05, 0.1) is 0 Å². The number of phosphoric ester groups is 1. The average molecular weight is 254 g/mol. The lowest BCUT2D eigenvalue weighted by Gasteiger charge is -2.25. The molecule has 0 amide bonds. The first-order valence-electron chi connectivity index (χ1n) is 4.12. The molecule has 0 aliphatic carbocycles. The van der Waals surface area contributed by atoms with E-state index >= 15 is 0 Å². The van der Waals surface area contributed by atoms with E-state index in [0.29, 0.717) is 0 Å². The molecule has 16 heavy (non-hydrogen) atoms. The van der Waals surface area contributed by atoms with Gasteiger partial charge < -0.3 is 29.8 Å². The van der Waals surface area contributed by atoms with Gasteiger partial charge in [0.1, 0.15) is 24.9 Å². The van der Waals surface area contributed by atoms with Crippen LogP contribution in [-0.2, 0) is 13.8 Å². The summed E-state index contributed by atoms with van der Waals surface area (Å²) in [5.41, 5.74) is 0. The van der Waals surface area contributed by atoms with Crippen molar-refractivity contribution >= 4 is 7.82 Å². The third kappa shape index (κ3) is 2.79. The van der Waals surface area contributed by atoms with E-state index in [1.807, 2.05) is 5.92 Å². The summed E-state index contributed by atoms with van der Waals surface area (Å²) in [4.78, 5) is 16.8. The maximum Gasteiger partial charge on any atom is 0.469 e. The smallest absolute Gasteiger partial charge is 0.386 e. The molecule has 5 N–H and O–H groups in total. The molecule has 1 heterocycles. The van der Waals surface area contributed by atoms with Gasteiger partial charge >= 0.3 is 7.82 Å². The highest BCUT2D eigenvalue weighted by Crippen LogP contribution is 2.39. The van der Waals surface area contributed by atoms with Gasteiger partial charge in [-0.05, 0) is 0 Å². The molecule has 1 rings (SSSR count). The highest BCUT2D eigenvalue weighted by Gasteiger charge is 2.53. The number of phosphoric acid groups is 1. The fourth-order valence-electron chi connectivity index (χ4n) is 1.22. The van der Waals surface area contributed by atoms with Gasteiger partial charge in [-0.3, -0.25) is 4.52 Å². The quantitative estimate of drug-likeness (QED) is 0.276. The summed E-state index contributed by atoms with van der Waals surface area (Å²) >= 11 is 0. The van der Waals surface area contributed by atoms with Crippen LogP contribution in [0.5, 0.6) is 0 Å². The Morgan fingerprint density at radius 2 is 2.06 bits per heavy atom. The first kappa shape index (κ1) is 13.6. The van der Waals surface area contributed by atoms with Crippen LogP contribution in [0.1, 0.15) is 0 Å². The Morgan fingerprint density at radius 1 is 1.50 bits per heavy atom. The molecule has 1 unspecified atom stereocenters. The van der Waals surface area contributed by atoms with E-state index in [1.54, 1.807) is 0 Å². The largest absolute Gasteiger partial charge is 0.469 e. The van der Waals surface area contributed by atoms with E-state index in [0.717, 1.165) is 0 Å². The van der Waals surface area contributed by atoms with Gasteiger partial charge in [0, 0.05) is 0 Å². The molecule has 0 aromatic rings. The first-order valence-corrected chi connectivity index (χ1v) is 5.65. The molecule has 0 radical (unpaired) electrons. The van der Waals surface area contributed by atoms with Crippen molar-refractivity contribution in [3.8, 4) is 12.3 Å². The summed E-state index contributed by atoms with van der Waals surface area (Å²) in [5, 5.41) is 28.3. The van der Waals surface area contributed by atoms with Gasteiger partial charge in [-0.1, -0.05) is 5.92 Å². The molecule has 92 valence electrons. The molecule has 0 aromatic carbocycles. The lowest BCUT2D eigenvalue weighted by Crippen LogP contribution is -2.46. The van der Waals surface area contributed by atoms with Crippen molar-refractivity contribution in [1.82, 2.24) is 0 Å². The number of hydrogen-bond acceptors (Lipinski definition) is 6. The predicted molar refractivity (Wildman–Crippen MR) is 48.7 cm³/mol. The highest BCUT2D eigenvalue weighted by molar-refractivity contribution is 7.46. The van der Waals surface area contributed by atoms with E-state index in [2.05, 4.69) is 9.26 Å². The lowest BCUT2D eigenvalue weighted by molar-refractivity contribution is -0.238. The van der Waals surface area contributed by atoms with Gasteiger partial charge in [0.2, 0.25) is 5.79 Å². The molecule has 8 nitrogen and oxygen atoms in total. The molecule has 0 spiro atoms. The van der Waals surface area contributed by atoms with Crippen LogP contribution in [0.25, 0.3) is 0 Å². The van der Waals surface area contributed by atoms with Crippen molar-refractivity contribution in [2.45, 2.75) is 24.1 Å². The molecular formula is C7H11O8P. The van der Waals surface area contributed by atoms with E-state index in [1.165, 1.54) is 0 Å². The predicted octanol–water partition coefficient (Wildman–Crippen LogP) is -2.46. The second kappa shape index (κ2) is 4.41. The summed E-state index contributed by atoms with van der Waals surface area (Å²) in [5.74, 6) is -0.492. The standard InChI is InChI=1S/C7H11O8P/c1-2-4-5(8)6(9)7(10,15-4)3-14-16(11,12)13/h1,4-6,8-10H,3H2,(H2,11,12,13)/t4-,5+,6+,7?/m0/s1. The molecule has 1 aliphatic heterocycles. The van der Waals surface area contributed by atoms with Crippen molar-refractivity contribution in [2.24, 2.45) is 0 Å². The minimum Gasteiger partial charge on any atom is -0.386 e. The number of ether oxygens (including phenoxy) is 1. The maximum atomic E-state index is 10.4. The summed E-state index contributed by atoms with van der Waals surface area (Å²) in [6.45, 7) is -1.02. The Kier molecular flexibility index (Phi) is 3.74. The van der Waals surface area contributed by atoms with Crippen molar-refractivity contribution in [3.05, 3.63) is 0 Å². The van der Waals surface area contributed by atoms with Crippen LogP contribution in [0, 0.1) is 12.3 Å². The van der Waals surface area contributed by atoms with E-state index < -0.39 is 38.5 Å². The topological polar surface area (TPSA) is 137 Å². The van der Waals surface area contributed by atoms with Crippen LogP contribution in [0.2, 0.25) is 0 Å². The number of hydrogen-bond donors (Lipinski definition) is 5. The number of aliphatic hydroxyl groups excluding tert-OH is 2. The second-order valence-corrected chi connectivity index (χ2v) is 4.49. The summed E-state index contributed by atoms with van der Waals surface area (Å²) < 4.78 is 19.0. The van der Waals surface area contributed by atoms with Crippen molar-refractivity contribution in [1.29, 1.82) is 0 Å². The number of terminal acetylenes is 1. The number of rotatable bonds is 3. The molecule has 0 bridgehead atoms. The van der Waals surface area contributed by atoms with E-state index in [-0.39, 0.29) is 0 Å². The van der Waals surface area contributed by atoms with Crippen LogP contribution < -0.4 is 0 Å². The van der Waals surface area contributed by atoms with Gasteiger partial charge in [-0.15, -0.1) is 6.42 Å². The Morgan fingerprint density at radius 3 is 2.44 bits per heavy atom. The minimum atomic E-state index is -4.82. The zero-order valence-electron chi connectivity index (χ0n) is 7.92. The van der Waals surface area contributed by atoms with Gasteiger partial charge in [0.25, 0.3) is 0 Å². The van der Waals surface area contributed by atoms with E-state index in [9.17, 15) is 19.9 Å². The van der Waals surface area contributed by atoms with E-state index in [4.69, 9.17) is 16.2 Å². The maximum absolute atomic E-state index is 10.4. The Bertz CT molecular complexity index is 345. The molecule has 1 fully saturated rings. The van der Waals surface area contributed by atoms with Crippen molar-refractivity contribution in [2.75, 3.05) is 6.61 Å². The Labute approximate surface area is 90.7 Å². The van der Waals surface area contributed by atoms with Gasteiger partial charge in [-0.2, -0.15) is 0 Å². The highest BCUT2D eigenvalue weighted by atomic mass is 31.2. The molecule has 0 saturated carbocycles. The van der Waals surface area contributed by atoms with Crippen LogP contribution >= 0.6 is 7.82 Å². The molecule has 1 saturated heterocycles. The zero-order chi connectivity index (χ0) is 12.6. The van der Waals surface area contributed by atoms with Crippen LogP contribution in [0.3, 0.4) is 0 Å². The minimum absolute atomic E-state index is 1.02. The third-order valence-electron chi connectivity index (χ3n) is 2.03. The Hall–Kier alpha value is -0.490. The fraction of sp³-hybridized carbons (Fsp3) is 0.714. The molecule has 4 atom stereocenters. The SMILES string of the molecule is C#C[C@@H]1OC(O)(COP(=O)(O)O)[C@H](O)[C@@H]1O. The molecule has 9 heteroatoms. The summed E-state index contributed by atoms with van der Waals surface area (Å²) in [7, 11) is -4.82.